The first-order chi connectivity index (χ1) is 8.61. The van der Waals surface area contributed by atoms with Crippen molar-refractivity contribution in [2.75, 3.05) is 7.11 Å². The van der Waals surface area contributed by atoms with E-state index in [4.69, 9.17) is 16.3 Å². The van der Waals surface area contributed by atoms with Gasteiger partial charge in [-0.1, -0.05) is 30.5 Å². The van der Waals surface area contributed by atoms with Gasteiger partial charge in [-0.05, 0) is 49.3 Å². The molecule has 1 saturated carbocycles. The number of ether oxygens (including phenoxy) is 1. The Kier molecular flexibility index (Phi) is 4.52. The first kappa shape index (κ1) is 13.7. The first-order valence-corrected chi connectivity index (χ1v) is 7.04. The molecule has 2 rings (SSSR count). The molecule has 1 fully saturated rings. The van der Waals surface area contributed by atoms with E-state index in [9.17, 15) is 5.11 Å². The Hall–Kier alpha value is -0.730. The van der Waals surface area contributed by atoms with Crippen LogP contribution in [0.1, 0.15) is 49.7 Å². The molecule has 18 heavy (non-hydrogen) atoms. The molecule has 0 spiro atoms. The minimum absolute atomic E-state index is 0.342. The normalized spacial score (nSPS) is 18.0. The topological polar surface area (TPSA) is 29.5 Å². The Balaban J connectivity index is 2.36. The molecule has 1 unspecified atom stereocenters. The Morgan fingerprint density at radius 1 is 1.39 bits per heavy atom. The summed E-state index contributed by atoms with van der Waals surface area (Å²) >= 11 is 6.29. The number of rotatable bonds is 4. The summed E-state index contributed by atoms with van der Waals surface area (Å²) in [5.41, 5.74) is 2.32. The van der Waals surface area contributed by atoms with Crippen molar-refractivity contribution < 1.29 is 9.84 Å². The van der Waals surface area contributed by atoms with Crippen LogP contribution >= 0.6 is 11.6 Å². The van der Waals surface area contributed by atoms with Crippen molar-refractivity contribution in [2.45, 2.75) is 51.0 Å². The third-order valence-electron chi connectivity index (χ3n) is 3.66. The summed E-state index contributed by atoms with van der Waals surface area (Å²) in [4.78, 5) is 0. The summed E-state index contributed by atoms with van der Waals surface area (Å²) in [6.45, 7) is 1.80. The third kappa shape index (κ3) is 2.99. The van der Waals surface area contributed by atoms with E-state index in [1.165, 1.54) is 31.2 Å². The molecular weight excluding hydrogens is 248 g/mol. The zero-order chi connectivity index (χ0) is 13.1. The highest BCUT2D eigenvalue weighted by Crippen LogP contribution is 2.42. The van der Waals surface area contributed by atoms with Crippen molar-refractivity contribution in [1.29, 1.82) is 0 Å². The van der Waals surface area contributed by atoms with E-state index >= 15 is 0 Å². The second-order valence-electron chi connectivity index (χ2n) is 5.23. The maximum atomic E-state index is 9.51. The first-order valence-electron chi connectivity index (χ1n) is 6.66. The van der Waals surface area contributed by atoms with Crippen LogP contribution in [0.3, 0.4) is 0 Å². The van der Waals surface area contributed by atoms with Gasteiger partial charge in [0.25, 0.3) is 0 Å². The third-order valence-corrected chi connectivity index (χ3v) is 3.94. The molecule has 0 amide bonds. The lowest BCUT2D eigenvalue weighted by Crippen LogP contribution is -2.06. The zero-order valence-corrected chi connectivity index (χ0v) is 11.8. The molecule has 1 atom stereocenters. The van der Waals surface area contributed by atoms with E-state index in [1.807, 2.05) is 6.07 Å². The van der Waals surface area contributed by atoms with Gasteiger partial charge in [-0.15, -0.1) is 0 Å². The van der Waals surface area contributed by atoms with Gasteiger partial charge in [-0.25, -0.2) is 0 Å². The maximum Gasteiger partial charge on any atom is 0.140 e. The number of halogens is 1. The van der Waals surface area contributed by atoms with Crippen LogP contribution < -0.4 is 4.74 Å². The van der Waals surface area contributed by atoms with Gasteiger partial charge in [0, 0.05) is 0 Å². The standard InChI is InChI=1S/C15H21ClO2/c1-10(17)7-11-8-13(12-5-3-4-6-12)15(18-2)14(16)9-11/h8-10,12,17H,3-7H2,1-2H3. The van der Waals surface area contributed by atoms with Gasteiger partial charge in [0.15, 0.2) is 0 Å². The molecule has 0 aromatic heterocycles. The molecule has 0 saturated heterocycles. The van der Waals surface area contributed by atoms with E-state index in [2.05, 4.69) is 6.07 Å². The average Bonchev–Trinajstić information content (AvgIpc) is 2.80. The predicted octanol–water partition coefficient (Wildman–Crippen LogP) is 3.93. The van der Waals surface area contributed by atoms with Gasteiger partial charge in [-0.2, -0.15) is 0 Å². The van der Waals surface area contributed by atoms with E-state index in [0.717, 1.165) is 11.3 Å². The van der Waals surface area contributed by atoms with E-state index in [-0.39, 0.29) is 6.10 Å². The maximum absolute atomic E-state index is 9.51. The van der Waals surface area contributed by atoms with E-state index in [1.54, 1.807) is 14.0 Å². The monoisotopic (exact) mass is 268 g/mol. The van der Waals surface area contributed by atoms with Crippen molar-refractivity contribution in [1.82, 2.24) is 0 Å². The Bertz CT molecular complexity index is 409. The lowest BCUT2D eigenvalue weighted by molar-refractivity contribution is 0.195. The summed E-state index contributed by atoms with van der Waals surface area (Å²) < 4.78 is 5.45. The van der Waals surface area contributed by atoms with Crippen LogP contribution in [0, 0.1) is 0 Å². The predicted molar refractivity (Wildman–Crippen MR) is 74.6 cm³/mol. The summed E-state index contributed by atoms with van der Waals surface area (Å²) in [5, 5.41) is 10.2. The minimum Gasteiger partial charge on any atom is -0.495 e. The highest BCUT2D eigenvalue weighted by Gasteiger charge is 2.23. The fourth-order valence-corrected chi connectivity index (χ4v) is 3.21. The molecule has 2 nitrogen and oxygen atoms in total. The van der Waals surface area contributed by atoms with Crippen LogP contribution in [0.15, 0.2) is 12.1 Å². The van der Waals surface area contributed by atoms with Crippen molar-refractivity contribution in [3.8, 4) is 5.75 Å². The Morgan fingerprint density at radius 3 is 2.61 bits per heavy atom. The summed E-state index contributed by atoms with van der Waals surface area (Å²) in [7, 11) is 1.67. The number of benzene rings is 1. The highest BCUT2D eigenvalue weighted by molar-refractivity contribution is 6.32. The number of hydrogen-bond acceptors (Lipinski definition) is 2. The van der Waals surface area contributed by atoms with E-state index < -0.39 is 0 Å². The fourth-order valence-electron chi connectivity index (χ4n) is 2.89. The average molecular weight is 269 g/mol. The molecule has 3 heteroatoms. The van der Waals surface area contributed by atoms with Gasteiger partial charge in [-0.3, -0.25) is 0 Å². The molecule has 1 N–H and O–H groups in total. The van der Waals surface area contributed by atoms with Crippen LogP contribution in [0.4, 0.5) is 0 Å². The molecule has 1 aliphatic carbocycles. The number of aliphatic hydroxyl groups excluding tert-OH is 1. The summed E-state index contributed by atoms with van der Waals surface area (Å²) in [6.07, 6.45) is 5.29. The summed E-state index contributed by atoms with van der Waals surface area (Å²) in [6, 6.07) is 4.07. The lowest BCUT2D eigenvalue weighted by Gasteiger charge is -2.18. The van der Waals surface area contributed by atoms with Gasteiger partial charge < -0.3 is 9.84 Å². The second kappa shape index (κ2) is 5.94. The lowest BCUT2D eigenvalue weighted by atomic mass is 9.93. The molecule has 0 radical (unpaired) electrons. The Labute approximate surface area is 114 Å². The van der Waals surface area contributed by atoms with E-state index in [0.29, 0.717) is 17.4 Å². The number of methoxy groups -OCH3 is 1. The van der Waals surface area contributed by atoms with Crippen LogP contribution in [0.5, 0.6) is 5.75 Å². The van der Waals surface area contributed by atoms with Crippen LogP contribution in [0.25, 0.3) is 0 Å². The summed E-state index contributed by atoms with van der Waals surface area (Å²) in [5.74, 6) is 1.38. The molecule has 0 bridgehead atoms. The van der Waals surface area contributed by atoms with Crippen molar-refractivity contribution in [3.05, 3.63) is 28.3 Å². The molecule has 0 aliphatic heterocycles. The Morgan fingerprint density at radius 2 is 2.06 bits per heavy atom. The molecule has 100 valence electrons. The quantitative estimate of drug-likeness (QED) is 0.897. The largest absolute Gasteiger partial charge is 0.495 e. The van der Waals surface area contributed by atoms with Crippen molar-refractivity contribution >= 4 is 11.6 Å². The van der Waals surface area contributed by atoms with Gasteiger partial charge in [0.2, 0.25) is 0 Å². The van der Waals surface area contributed by atoms with Crippen molar-refractivity contribution in [2.24, 2.45) is 0 Å². The fraction of sp³-hybridized carbons (Fsp3) is 0.600. The minimum atomic E-state index is -0.342. The molecule has 1 aromatic carbocycles. The van der Waals surface area contributed by atoms with Crippen LogP contribution in [-0.4, -0.2) is 18.3 Å². The van der Waals surface area contributed by atoms with Crippen molar-refractivity contribution in [3.63, 3.8) is 0 Å². The second-order valence-corrected chi connectivity index (χ2v) is 5.64. The molecule has 1 aromatic rings. The SMILES string of the molecule is COc1c(Cl)cc(CC(C)O)cc1C1CCCC1. The zero-order valence-electron chi connectivity index (χ0n) is 11.1. The molecule has 0 heterocycles. The number of aliphatic hydroxyl groups is 1. The smallest absolute Gasteiger partial charge is 0.140 e. The van der Waals surface area contributed by atoms with Crippen LogP contribution in [0.2, 0.25) is 5.02 Å². The van der Waals surface area contributed by atoms with Gasteiger partial charge >= 0.3 is 0 Å². The van der Waals surface area contributed by atoms with Gasteiger partial charge in [0.05, 0.1) is 18.2 Å². The van der Waals surface area contributed by atoms with Crippen LogP contribution in [-0.2, 0) is 6.42 Å². The highest BCUT2D eigenvalue weighted by atomic mass is 35.5. The molecular formula is C15H21ClO2. The molecule has 1 aliphatic rings. The number of hydrogen-bond donors (Lipinski definition) is 1. The van der Waals surface area contributed by atoms with Gasteiger partial charge in [0.1, 0.15) is 5.75 Å².